The Morgan fingerprint density at radius 3 is 2.36 bits per heavy atom. The molecule has 2 saturated heterocycles. The van der Waals surface area contributed by atoms with Crippen LogP contribution in [0.3, 0.4) is 0 Å². The molecule has 0 unspecified atom stereocenters. The first kappa shape index (κ1) is 68.8. The van der Waals surface area contributed by atoms with Gasteiger partial charge < -0.3 is 70.2 Å². The normalized spacial score (nSPS) is 24.1. The van der Waals surface area contributed by atoms with Crippen molar-refractivity contribution in [1.29, 1.82) is 0 Å². The van der Waals surface area contributed by atoms with Gasteiger partial charge in [-0.15, -0.1) is 0 Å². The van der Waals surface area contributed by atoms with Gasteiger partial charge in [0.15, 0.2) is 5.72 Å². The van der Waals surface area contributed by atoms with Gasteiger partial charge >= 0.3 is 24.2 Å². The molecular formula is C59H82BrClN8O16. The molecule has 2 fully saturated rings. The van der Waals surface area contributed by atoms with Crippen LogP contribution >= 0.6 is 27.5 Å². The molecule has 5 rings (SSSR count). The number of hydrogen-bond acceptors (Lipinski definition) is 16. The van der Waals surface area contributed by atoms with Crippen LogP contribution in [-0.4, -0.2) is 147 Å². The van der Waals surface area contributed by atoms with Crippen LogP contribution in [0, 0.1) is 11.8 Å². The van der Waals surface area contributed by atoms with Gasteiger partial charge in [0, 0.05) is 62.1 Å². The molecule has 2 aromatic carbocycles. The molecule has 0 saturated carbocycles. The number of methoxy groups -OCH3 is 3. The molecule has 0 aliphatic carbocycles. The number of primary amides is 1. The van der Waals surface area contributed by atoms with E-state index < -0.39 is 119 Å². The molecule has 3 heterocycles. The Labute approximate surface area is 509 Å². The number of esters is 1. The third kappa shape index (κ3) is 19.0. The van der Waals surface area contributed by atoms with Crippen LogP contribution in [0.15, 0.2) is 66.3 Å². The SMILES string of the molecule is C=C(CBr)C(=O)OC(C)(C)CCCCC(=O)N[C@H](C(=O)N[C@@H](CCCNC(N)=O)C(=O)Nc1ccc(NC(=O)O[C@H]2CC(=O)N(C)c3cc(cc(OC)c3Cl)C/C(C)=C/C=C/[C@@H](OC)[C@@]3(O)C[C@H](OC(=O)N3)[C@@H](C)[C@@H]3O[C@@]23C)cc1OC)C(C)C. The second kappa shape index (κ2) is 30.4. The molecule has 0 radical (unpaired) electrons. The minimum atomic E-state index is -1.91. The van der Waals surface area contributed by atoms with Crippen molar-refractivity contribution in [3.8, 4) is 11.5 Å². The first-order valence-electron chi connectivity index (χ1n) is 27.9. The number of amides is 8. The number of anilines is 3. The lowest BCUT2D eigenvalue weighted by Gasteiger charge is -2.42. The van der Waals surface area contributed by atoms with E-state index in [1.54, 1.807) is 65.8 Å². The van der Waals surface area contributed by atoms with Gasteiger partial charge in [-0.2, -0.15) is 0 Å². The number of rotatable bonds is 23. The number of carbonyl (C=O) groups is 8. The maximum atomic E-state index is 14.5. The first-order chi connectivity index (χ1) is 40.0. The highest BCUT2D eigenvalue weighted by atomic mass is 79.9. The molecular weight excluding hydrogens is 1190 g/mol. The molecule has 3 aliphatic rings. The van der Waals surface area contributed by atoms with Crippen molar-refractivity contribution >= 4 is 92.4 Å². The van der Waals surface area contributed by atoms with Crippen LogP contribution in [-0.2, 0) is 54.1 Å². The Kier molecular flexibility index (Phi) is 24.6. The zero-order valence-electron chi connectivity index (χ0n) is 50.1. The van der Waals surface area contributed by atoms with Crippen LogP contribution in [0.1, 0.15) is 105 Å². The monoisotopic (exact) mass is 1270 g/mol. The lowest BCUT2D eigenvalue weighted by Crippen LogP contribution is -2.63. The fraction of sp³-hybridized carbons (Fsp3) is 0.559. The maximum Gasteiger partial charge on any atom is 0.412 e. The Balaban J connectivity index is 1.34. The summed E-state index contributed by atoms with van der Waals surface area (Å²) in [6.45, 7) is 16.1. The minimum Gasteiger partial charge on any atom is -0.495 e. The summed E-state index contributed by atoms with van der Waals surface area (Å²) >= 11 is 10.0. The number of fused-ring (bicyclic) bond motifs is 5. The van der Waals surface area contributed by atoms with Gasteiger partial charge in [-0.1, -0.05) is 78.7 Å². The van der Waals surface area contributed by atoms with E-state index >= 15 is 0 Å². The number of nitrogens with two attached hydrogens (primary N) is 1. The van der Waals surface area contributed by atoms with Gasteiger partial charge in [-0.3, -0.25) is 29.8 Å². The molecule has 2 aromatic rings. The molecule has 24 nitrogen and oxygen atoms in total. The number of epoxide rings is 1. The highest BCUT2D eigenvalue weighted by molar-refractivity contribution is 9.09. The standard InChI is InChI=1S/C59H82BrClN8O16/c1-32(2)49(67-46(70)20-13-14-23-57(6,7)85-53(74)34(4)31-60)52(73)66-39(18-16-24-63-54(62)75)51(72)65-38-22-21-37(28-41(38)79-10)64-55(76)83-45-29-47(71)69(9)40-26-36(27-42(80-11)48(40)61)25-33(3)17-15-19-44(81-12)59(78)30-43(82-56(77)68-59)35(5)50-58(45,8)84-50/h15,17,19,21-22,26-28,32,35,39,43-45,49-50,78H,4,13-14,16,18,20,23-25,29-31H2,1-3,5-12H3,(H,64,76)(H,65,72)(H,66,73)(H,67,70)(H,68,77)(H3,62,63,75)/b19-15+,33-17+/t35-,39+,43+,44-,45+,49+,50+,58+,59+/m1/s1. The van der Waals surface area contributed by atoms with Crippen LogP contribution in [0.5, 0.6) is 11.5 Å². The molecule has 85 heavy (non-hydrogen) atoms. The number of hydrogen-bond donors (Lipinski definition) is 8. The van der Waals surface area contributed by atoms with Crippen molar-refractivity contribution < 1.29 is 76.6 Å². The van der Waals surface area contributed by atoms with Crippen molar-refractivity contribution in [2.45, 2.75) is 160 Å². The van der Waals surface area contributed by atoms with E-state index in [9.17, 15) is 43.5 Å². The highest BCUT2D eigenvalue weighted by Gasteiger charge is 2.64. The summed E-state index contributed by atoms with van der Waals surface area (Å²) in [5.41, 5.74) is 3.70. The number of carbonyl (C=O) groups excluding carboxylic acids is 8. The van der Waals surface area contributed by atoms with Crippen molar-refractivity contribution in [3.05, 3.63) is 76.9 Å². The third-order valence-corrected chi connectivity index (χ3v) is 16.1. The van der Waals surface area contributed by atoms with Crippen LogP contribution < -0.4 is 52.0 Å². The largest absolute Gasteiger partial charge is 0.495 e. The number of halogens is 2. The number of alkyl halides is 1. The first-order valence-corrected chi connectivity index (χ1v) is 29.4. The molecule has 468 valence electrons. The number of nitrogens with one attached hydrogen (secondary N) is 6. The summed E-state index contributed by atoms with van der Waals surface area (Å²) < 4.78 is 40.6. The molecule has 0 aromatic heterocycles. The highest BCUT2D eigenvalue weighted by Crippen LogP contribution is 2.49. The lowest BCUT2D eigenvalue weighted by atomic mass is 9.83. The Morgan fingerprint density at radius 1 is 1.01 bits per heavy atom. The average Bonchev–Trinajstić information content (AvgIpc) is 1.63. The summed E-state index contributed by atoms with van der Waals surface area (Å²) in [4.78, 5) is 108. The number of unbranched alkanes of at least 4 members (excludes halogenated alkanes) is 1. The van der Waals surface area contributed by atoms with E-state index in [2.05, 4.69) is 54.4 Å². The minimum absolute atomic E-state index is 0.0253. The summed E-state index contributed by atoms with van der Waals surface area (Å²) in [5, 5.41) is 28.3. The molecule has 4 bridgehead atoms. The molecule has 8 amide bonds. The van der Waals surface area contributed by atoms with Gasteiger partial charge in [0.1, 0.15) is 58.1 Å². The Bertz CT molecular complexity index is 2870. The van der Waals surface area contributed by atoms with E-state index in [1.807, 2.05) is 13.0 Å². The molecule has 0 spiro atoms. The van der Waals surface area contributed by atoms with E-state index in [-0.39, 0.29) is 65.3 Å². The van der Waals surface area contributed by atoms with Gasteiger partial charge in [-0.25, -0.2) is 19.2 Å². The lowest BCUT2D eigenvalue weighted by molar-refractivity contribution is -0.152. The number of aliphatic hydroxyl groups is 1. The van der Waals surface area contributed by atoms with Crippen molar-refractivity contribution in [3.63, 3.8) is 0 Å². The van der Waals surface area contributed by atoms with Gasteiger partial charge in [0.2, 0.25) is 23.6 Å². The van der Waals surface area contributed by atoms with Crippen LogP contribution in [0.2, 0.25) is 5.02 Å². The van der Waals surface area contributed by atoms with Crippen LogP contribution in [0.25, 0.3) is 0 Å². The number of nitrogens with zero attached hydrogens (tertiary/aromatic N) is 1. The average molecular weight is 1270 g/mol. The van der Waals surface area contributed by atoms with Gasteiger partial charge in [0.05, 0.1) is 38.1 Å². The third-order valence-electron chi connectivity index (χ3n) is 15.0. The quantitative estimate of drug-likeness (QED) is 0.0136. The predicted octanol–water partition coefficient (Wildman–Crippen LogP) is 7.23. The molecule has 26 heteroatoms. The number of allylic oxidation sites excluding steroid dienone is 3. The van der Waals surface area contributed by atoms with Crippen LogP contribution in [0.4, 0.5) is 31.4 Å². The smallest absolute Gasteiger partial charge is 0.412 e. The topological polar surface area (TPSA) is 326 Å². The predicted molar refractivity (Wildman–Crippen MR) is 321 cm³/mol. The van der Waals surface area contributed by atoms with Crippen molar-refractivity contribution in [2.75, 3.05) is 55.8 Å². The Morgan fingerprint density at radius 2 is 1.72 bits per heavy atom. The summed E-state index contributed by atoms with van der Waals surface area (Å²) in [6.07, 6.45) is 0.836. The Hall–Kier alpha value is -6.93. The summed E-state index contributed by atoms with van der Waals surface area (Å²) in [7, 11) is 5.72. The van der Waals surface area contributed by atoms with Crippen molar-refractivity contribution in [1.82, 2.24) is 21.3 Å². The van der Waals surface area contributed by atoms with E-state index in [4.69, 9.17) is 50.5 Å². The number of urea groups is 1. The number of ether oxygens (including phenoxy) is 7. The maximum absolute atomic E-state index is 14.5. The van der Waals surface area contributed by atoms with Crippen molar-refractivity contribution in [2.24, 2.45) is 17.6 Å². The second-order valence-corrected chi connectivity index (χ2v) is 23.5. The molecule has 9 N–H and O–H groups in total. The van der Waals surface area contributed by atoms with E-state index in [0.717, 1.165) is 11.1 Å². The van der Waals surface area contributed by atoms with E-state index in [0.29, 0.717) is 37.1 Å². The summed E-state index contributed by atoms with van der Waals surface area (Å²) in [5.74, 6) is -3.41. The second-order valence-electron chi connectivity index (χ2n) is 22.6. The van der Waals surface area contributed by atoms with Gasteiger partial charge in [-0.05, 0) is 102 Å². The number of alkyl carbamates (subject to hydrolysis) is 1. The zero-order valence-corrected chi connectivity index (χ0v) is 52.4. The fourth-order valence-corrected chi connectivity index (χ4v) is 10.6. The van der Waals surface area contributed by atoms with E-state index in [1.165, 1.54) is 51.5 Å². The molecule has 9 atom stereocenters. The molecule has 3 aliphatic heterocycles. The zero-order chi connectivity index (χ0) is 63.1. The number of benzene rings is 2. The van der Waals surface area contributed by atoms with Gasteiger partial charge in [0.25, 0.3) is 0 Å². The fourth-order valence-electron chi connectivity index (χ4n) is 10.1. The summed E-state index contributed by atoms with van der Waals surface area (Å²) in [6, 6.07) is 4.78.